The van der Waals surface area contributed by atoms with Crippen LogP contribution in [0.4, 0.5) is 10.5 Å². The van der Waals surface area contributed by atoms with Crippen molar-refractivity contribution < 1.29 is 13.2 Å². The van der Waals surface area contributed by atoms with Gasteiger partial charge in [0.1, 0.15) is 0 Å². The lowest BCUT2D eigenvalue weighted by Crippen LogP contribution is -2.42. The van der Waals surface area contributed by atoms with Crippen LogP contribution in [0, 0.1) is 6.92 Å². The molecule has 1 fully saturated rings. The molecule has 0 heterocycles. The van der Waals surface area contributed by atoms with Crippen molar-refractivity contribution in [3.05, 3.63) is 29.8 Å². The van der Waals surface area contributed by atoms with Crippen LogP contribution in [-0.4, -0.2) is 39.8 Å². The Hall–Kier alpha value is -1.76. The fraction of sp³-hybridized carbons (Fsp3) is 0.500. The normalized spacial score (nSPS) is 14.6. The molecule has 7 heteroatoms. The van der Waals surface area contributed by atoms with E-state index >= 15 is 0 Å². The number of amides is 2. The summed E-state index contributed by atoms with van der Waals surface area (Å²) in [5.41, 5.74) is 1.60. The molecule has 2 N–H and O–H groups in total. The van der Waals surface area contributed by atoms with Crippen molar-refractivity contribution in [2.45, 2.75) is 25.8 Å². The number of hydrogen-bond donors (Lipinski definition) is 2. The third-order valence-electron chi connectivity index (χ3n) is 3.20. The van der Waals surface area contributed by atoms with Crippen molar-refractivity contribution in [1.82, 2.24) is 10.6 Å². The number of rotatable bonds is 6. The molecule has 0 bridgehead atoms. The van der Waals surface area contributed by atoms with Gasteiger partial charge in [0.25, 0.3) is 0 Å². The second kappa shape index (κ2) is 6.34. The molecule has 2 rings (SSSR count). The summed E-state index contributed by atoms with van der Waals surface area (Å²) < 4.78 is 25.1. The van der Waals surface area contributed by atoms with Crippen LogP contribution in [0.2, 0.25) is 0 Å². The molecule has 1 aliphatic carbocycles. The van der Waals surface area contributed by atoms with Gasteiger partial charge in [-0.3, -0.25) is 4.31 Å². The van der Waals surface area contributed by atoms with Crippen molar-refractivity contribution in [2.75, 3.05) is 23.7 Å². The zero-order chi connectivity index (χ0) is 15.5. The van der Waals surface area contributed by atoms with E-state index in [4.69, 9.17) is 0 Å². The molecule has 21 heavy (non-hydrogen) atoms. The maximum absolute atomic E-state index is 11.9. The Morgan fingerprint density at radius 3 is 2.67 bits per heavy atom. The van der Waals surface area contributed by atoms with Crippen LogP contribution in [0.25, 0.3) is 0 Å². The fourth-order valence-corrected chi connectivity index (χ4v) is 2.92. The van der Waals surface area contributed by atoms with Gasteiger partial charge in [0.15, 0.2) is 0 Å². The van der Waals surface area contributed by atoms with Crippen LogP contribution in [0.1, 0.15) is 18.4 Å². The average molecular weight is 311 g/mol. The molecule has 1 aromatic carbocycles. The van der Waals surface area contributed by atoms with E-state index in [0.717, 1.165) is 18.4 Å². The maximum atomic E-state index is 11.9. The van der Waals surface area contributed by atoms with Gasteiger partial charge in [-0.25, -0.2) is 13.2 Å². The maximum Gasteiger partial charge on any atom is 0.315 e. The Balaban J connectivity index is 1.95. The third-order valence-corrected chi connectivity index (χ3v) is 4.40. The Morgan fingerprint density at radius 2 is 2.10 bits per heavy atom. The Kier molecular flexibility index (Phi) is 4.72. The van der Waals surface area contributed by atoms with E-state index in [9.17, 15) is 13.2 Å². The number of carbonyl (C=O) groups excluding carboxylic acids is 1. The van der Waals surface area contributed by atoms with Gasteiger partial charge in [0, 0.05) is 12.6 Å². The number of hydrogen-bond acceptors (Lipinski definition) is 3. The van der Waals surface area contributed by atoms with Crippen molar-refractivity contribution in [3.63, 3.8) is 0 Å². The first-order chi connectivity index (χ1) is 9.86. The topological polar surface area (TPSA) is 78.5 Å². The van der Waals surface area contributed by atoms with Gasteiger partial charge in [-0.15, -0.1) is 0 Å². The van der Waals surface area contributed by atoms with E-state index in [1.807, 2.05) is 25.1 Å². The van der Waals surface area contributed by atoms with E-state index in [1.54, 1.807) is 6.07 Å². The van der Waals surface area contributed by atoms with E-state index in [2.05, 4.69) is 10.6 Å². The first kappa shape index (κ1) is 15.6. The predicted molar refractivity (Wildman–Crippen MR) is 82.9 cm³/mol. The zero-order valence-electron chi connectivity index (χ0n) is 12.3. The molecule has 116 valence electrons. The molecule has 0 atom stereocenters. The van der Waals surface area contributed by atoms with Gasteiger partial charge in [-0.05, 0) is 37.5 Å². The molecule has 0 unspecified atom stereocenters. The SMILES string of the molecule is Cc1cccc(N(CCNC(=O)NC2CC2)S(C)(=O)=O)c1. The van der Waals surface area contributed by atoms with E-state index in [1.165, 1.54) is 10.6 Å². The van der Waals surface area contributed by atoms with Crippen LogP contribution in [0.3, 0.4) is 0 Å². The minimum Gasteiger partial charge on any atom is -0.336 e. The second-order valence-electron chi connectivity index (χ2n) is 5.35. The summed E-state index contributed by atoms with van der Waals surface area (Å²) in [4.78, 5) is 11.5. The molecule has 0 aliphatic heterocycles. The largest absolute Gasteiger partial charge is 0.336 e. The summed E-state index contributed by atoms with van der Waals surface area (Å²) in [6, 6.07) is 7.33. The van der Waals surface area contributed by atoms with Gasteiger partial charge < -0.3 is 10.6 Å². The van der Waals surface area contributed by atoms with E-state index < -0.39 is 10.0 Å². The number of carbonyl (C=O) groups is 1. The van der Waals surface area contributed by atoms with Crippen LogP contribution >= 0.6 is 0 Å². The number of nitrogens with one attached hydrogen (secondary N) is 2. The number of sulfonamides is 1. The van der Waals surface area contributed by atoms with Gasteiger partial charge in [0.05, 0.1) is 18.5 Å². The number of aryl methyl sites for hydroxylation is 1. The first-order valence-corrected chi connectivity index (χ1v) is 8.80. The monoisotopic (exact) mass is 311 g/mol. The molecular formula is C14H21N3O3S. The van der Waals surface area contributed by atoms with Crippen molar-refractivity contribution in [1.29, 1.82) is 0 Å². The van der Waals surface area contributed by atoms with Crippen LogP contribution in [0.5, 0.6) is 0 Å². The fourth-order valence-electron chi connectivity index (χ4n) is 2.00. The summed E-state index contributed by atoms with van der Waals surface area (Å²) in [5.74, 6) is 0. The lowest BCUT2D eigenvalue weighted by Gasteiger charge is -2.23. The van der Waals surface area contributed by atoms with Gasteiger partial charge in [0.2, 0.25) is 10.0 Å². The smallest absolute Gasteiger partial charge is 0.315 e. The number of nitrogens with zero attached hydrogens (tertiary/aromatic N) is 1. The van der Waals surface area contributed by atoms with Gasteiger partial charge in [-0.1, -0.05) is 12.1 Å². The molecule has 1 saturated carbocycles. The highest BCUT2D eigenvalue weighted by Crippen LogP contribution is 2.19. The van der Waals surface area contributed by atoms with E-state index in [0.29, 0.717) is 5.69 Å². The molecule has 0 saturated heterocycles. The minimum absolute atomic E-state index is 0.209. The zero-order valence-corrected chi connectivity index (χ0v) is 13.1. The molecule has 2 amide bonds. The number of urea groups is 1. The molecule has 0 spiro atoms. The summed E-state index contributed by atoms with van der Waals surface area (Å²) >= 11 is 0. The average Bonchev–Trinajstić information content (AvgIpc) is 3.17. The Labute approximate surface area is 125 Å². The summed E-state index contributed by atoms with van der Waals surface area (Å²) in [7, 11) is -3.38. The molecule has 0 aromatic heterocycles. The number of anilines is 1. The lowest BCUT2D eigenvalue weighted by atomic mass is 10.2. The van der Waals surface area contributed by atoms with E-state index in [-0.39, 0.29) is 25.2 Å². The molecule has 1 aromatic rings. The molecule has 6 nitrogen and oxygen atoms in total. The molecular weight excluding hydrogens is 290 g/mol. The highest BCUT2D eigenvalue weighted by atomic mass is 32.2. The van der Waals surface area contributed by atoms with Crippen molar-refractivity contribution >= 4 is 21.7 Å². The van der Waals surface area contributed by atoms with Crippen LogP contribution in [0.15, 0.2) is 24.3 Å². The first-order valence-electron chi connectivity index (χ1n) is 6.95. The van der Waals surface area contributed by atoms with Crippen molar-refractivity contribution in [3.8, 4) is 0 Å². The Bertz CT molecular complexity index is 612. The van der Waals surface area contributed by atoms with Gasteiger partial charge >= 0.3 is 6.03 Å². The highest BCUT2D eigenvalue weighted by Gasteiger charge is 2.23. The quantitative estimate of drug-likeness (QED) is 0.829. The molecule has 0 radical (unpaired) electrons. The summed E-state index contributed by atoms with van der Waals surface area (Å²) in [5, 5.41) is 5.48. The predicted octanol–water partition coefficient (Wildman–Crippen LogP) is 1.22. The van der Waals surface area contributed by atoms with Crippen molar-refractivity contribution in [2.24, 2.45) is 0 Å². The summed E-state index contributed by atoms with van der Waals surface area (Å²) in [6.45, 7) is 2.38. The summed E-state index contributed by atoms with van der Waals surface area (Å²) in [6.07, 6.45) is 3.21. The lowest BCUT2D eigenvalue weighted by molar-refractivity contribution is 0.241. The van der Waals surface area contributed by atoms with Crippen LogP contribution < -0.4 is 14.9 Å². The number of benzene rings is 1. The standard InChI is InChI=1S/C14H21N3O3S/c1-11-4-3-5-13(10-11)17(21(2,19)20)9-8-15-14(18)16-12-6-7-12/h3-5,10,12H,6-9H2,1-2H3,(H2,15,16,18). The third kappa shape index (κ3) is 4.93. The second-order valence-corrected chi connectivity index (χ2v) is 7.26. The van der Waals surface area contributed by atoms with Crippen LogP contribution in [-0.2, 0) is 10.0 Å². The highest BCUT2D eigenvalue weighted by molar-refractivity contribution is 7.92. The Morgan fingerprint density at radius 1 is 1.38 bits per heavy atom. The molecule has 1 aliphatic rings. The van der Waals surface area contributed by atoms with Gasteiger partial charge in [-0.2, -0.15) is 0 Å². The minimum atomic E-state index is -3.38.